The highest BCUT2D eigenvalue weighted by molar-refractivity contribution is 6.08. The van der Waals surface area contributed by atoms with Crippen molar-refractivity contribution in [3.05, 3.63) is 114 Å². The lowest BCUT2D eigenvalue weighted by Crippen LogP contribution is -2.15. The highest BCUT2D eigenvalue weighted by Crippen LogP contribution is 2.25. The molecule has 0 spiro atoms. The van der Waals surface area contributed by atoms with Crippen molar-refractivity contribution in [1.29, 1.82) is 0 Å². The molecular formula is C28H25N3O2. The second kappa shape index (κ2) is 10.4. The van der Waals surface area contributed by atoms with Crippen LogP contribution in [0.15, 0.2) is 97.2 Å². The average molecular weight is 436 g/mol. The van der Waals surface area contributed by atoms with Crippen molar-refractivity contribution < 1.29 is 9.59 Å². The molecule has 5 nitrogen and oxygen atoms in total. The predicted molar refractivity (Wildman–Crippen MR) is 132 cm³/mol. The summed E-state index contributed by atoms with van der Waals surface area (Å²) in [6, 6.07) is 28.4. The van der Waals surface area contributed by atoms with Crippen molar-refractivity contribution in [2.45, 2.75) is 19.8 Å². The Balaban J connectivity index is 1.42. The van der Waals surface area contributed by atoms with Crippen LogP contribution >= 0.6 is 0 Å². The first-order chi connectivity index (χ1) is 16.1. The van der Waals surface area contributed by atoms with Gasteiger partial charge in [0.25, 0.3) is 5.91 Å². The van der Waals surface area contributed by atoms with Gasteiger partial charge in [-0.05, 0) is 65.6 Å². The number of benzene rings is 3. The van der Waals surface area contributed by atoms with Gasteiger partial charge in [0.1, 0.15) is 0 Å². The van der Waals surface area contributed by atoms with E-state index in [-0.39, 0.29) is 18.2 Å². The number of rotatable bonds is 7. The molecule has 164 valence electrons. The lowest BCUT2D eigenvalue weighted by Gasteiger charge is -2.12. The van der Waals surface area contributed by atoms with Crippen LogP contribution in [0.2, 0.25) is 0 Å². The van der Waals surface area contributed by atoms with Crippen LogP contribution < -0.4 is 10.6 Å². The zero-order valence-corrected chi connectivity index (χ0v) is 18.4. The fourth-order valence-corrected chi connectivity index (χ4v) is 3.56. The van der Waals surface area contributed by atoms with E-state index in [1.807, 2.05) is 54.6 Å². The molecule has 0 radical (unpaired) electrons. The van der Waals surface area contributed by atoms with Crippen molar-refractivity contribution in [1.82, 2.24) is 4.98 Å². The Morgan fingerprint density at radius 3 is 2.09 bits per heavy atom. The number of hydrogen-bond acceptors (Lipinski definition) is 3. The number of hydrogen-bond donors (Lipinski definition) is 2. The normalized spacial score (nSPS) is 10.5. The van der Waals surface area contributed by atoms with Crippen LogP contribution in [0.25, 0.3) is 11.1 Å². The van der Waals surface area contributed by atoms with E-state index < -0.39 is 0 Å². The fourth-order valence-electron chi connectivity index (χ4n) is 3.56. The number of carbonyl (C=O) groups is 2. The summed E-state index contributed by atoms with van der Waals surface area (Å²) < 4.78 is 0. The summed E-state index contributed by atoms with van der Waals surface area (Å²) in [4.78, 5) is 29.4. The summed E-state index contributed by atoms with van der Waals surface area (Å²) in [6.45, 7) is 2.12. The first-order valence-corrected chi connectivity index (χ1v) is 10.9. The van der Waals surface area contributed by atoms with Gasteiger partial charge in [-0.2, -0.15) is 0 Å². The molecule has 0 saturated heterocycles. The van der Waals surface area contributed by atoms with E-state index >= 15 is 0 Å². The number of aromatic nitrogens is 1. The lowest BCUT2D eigenvalue weighted by molar-refractivity contribution is -0.115. The number of nitrogens with zero attached hydrogens (tertiary/aromatic N) is 1. The maximum absolute atomic E-state index is 13.0. The first-order valence-electron chi connectivity index (χ1n) is 10.9. The minimum Gasteiger partial charge on any atom is -0.326 e. The molecule has 1 heterocycles. The summed E-state index contributed by atoms with van der Waals surface area (Å²) >= 11 is 0. The summed E-state index contributed by atoms with van der Waals surface area (Å²) in [5.41, 5.74) is 5.77. The van der Waals surface area contributed by atoms with Gasteiger partial charge in [-0.15, -0.1) is 0 Å². The molecule has 0 bridgehead atoms. The highest BCUT2D eigenvalue weighted by Gasteiger charge is 2.13. The molecule has 1 aromatic heterocycles. The van der Waals surface area contributed by atoms with E-state index in [9.17, 15) is 9.59 Å². The van der Waals surface area contributed by atoms with Crippen LogP contribution in [0.3, 0.4) is 0 Å². The Morgan fingerprint density at radius 1 is 0.758 bits per heavy atom. The first kappa shape index (κ1) is 22.0. The Hall–Kier alpha value is -4.25. The van der Waals surface area contributed by atoms with Crippen LogP contribution in [-0.4, -0.2) is 16.8 Å². The minimum absolute atomic E-state index is 0.145. The maximum Gasteiger partial charge on any atom is 0.256 e. The molecular weight excluding hydrogens is 410 g/mol. The summed E-state index contributed by atoms with van der Waals surface area (Å²) in [5, 5.41) is 5.80. The Morgan fingerprint density at radius 2 is 1.42 bits per heavy atom. The quantitative estimate of drug-likeness (QED) is 0.389. The minimum atomic E-state index is -0.183. The van der Waals surface area contributed by atoms with Crippen LogP contribution in [0, 0.1) is 0 Å². The van der Waals surface area contributed by atoms with E-state index in [1.54, 1.807) is 30.5 Å². The molecule has 0 aliphatic heterocycles. The van der Waals surface area contributed by atoms with E-state index in [1.165, 1.54) is 5.56 Å². The zero-order chi connectivity index (χ0) is 23.0. The van der Waals surface area contributed by atoms with Crippen molar-refractivity contribution in [2.75, 3.05) is 10.6 Å². The smallest absolute Gasteiger partial charge is 0.256 e. The van der Waals surface area contributed by atoms with E-state index in [0.717, 1.165) is 17.5 Å². The number of pyridine rings is 1. The van der Waals surface area contributed by atoms with Gasteiger partial charge in [0.2, 0.25) is 5.91 Å². The van der Waals surface area contributed by atoms with Gasteiger partial charge in [0, 0.05) is 28.8 Å². The molecule has 0 saturated carbocycles. The molecule has 0 unspecified atom stereocenters. The molecule has 0 aliphatic rings. The third kappa shape index (κ3) is 5.71. The number of anilines is 2. The van der Waals surface area contributed by atoms with Crippen molar-refractivity contribution in [3.63, 3.8) is 0 Å². The highest BCUT2D eigenvalue weighted by atomic mass is 16.2. The van der Waals surface area contributed by atoms with E-state index in [4.69, 9.17) is 0 Å². The average Bonchev–Trinajstić information content (AvgIpc) is 2.86. The van der Waals surface area contributed by atoms with Gasteiger partial charge < -0.3 is 10.6 Å². The van der Waals surface area contributed by atoms with Crippen LogP contribution in [-0.2, 0) is 17.6 Å². The number of aryl methyl sites for hydroxylation is 1. The van der Waals surface area contributed by atoms with E-state index in [0.29, 0.717) is 22.6 Å². The molecule has 33 heavy (non-hydrogen) atoms. The van der Waals surface area contributed by atoms with Crippen LogP contribution in [0.1, 0.15) is 28.5 Å². The number of nitrogens with one attached hydrogen (secondary N) is 2. The second-order valence-corrected chi connectivity index (χ2v) is 7.67. The molecule has 4 aromatic rings. The Bertz CT molecular complexity index is 1230. The third-order valence-electron chi connectivity index (χ3n) is 5.34. The summed E-state index contributed by atoms with van der Waals surface area (Å²) in [7, 11) is 0. The zero-order valence-electron chi connectivity index (χ0n) is 18.4. The van der Waals surface area contributed by atoms with E-state index in [2.05, 4.69) is 34.7 Å². The standard InChI is InChI=1S/C28H25N3O2/c1-2-20-10-12-21(13-11-20)25-8-3-4-9-26(25)28(33)31-23-16-14-22(15-17-23)30-27(32)19-24-7-5-6-18-29-24/h3-18H,2,19H2,1H3,(H,30,32)(H,31,33). The van der Waals surface area contributed by atoms with Gasteiger partial charge >= 0.3 is 0 Å². The van der Waals surface area contributed by atoms with Gasteiger partial charge in [-0.3, -0.25) is 14.6 Å². The summed E-state index contributed by atoms with van der Waals surface area (Å²) in [5.74, 6) is -0.328. The molecule has 4 rings (SSSR count). The van der Waals surface area contributed by atoms with Crippen molar-refractivity contribution >= 4 is 23.2 Å². The molecule has 5 heteroatoms. The maximum atomic E-state index is 13.0. The lowest BCUT2D eigenvalue weighted by atomic mass is 9.98. The molecule has 0 fully saturated rings. The van der Waals surface area contributed by atoms with Gasteiger partial charge in [-0.1, -0.05) is 55.5 Å². The number of carbonyl (C=O) groups excluding carboxylic acids is 2. The predicted octanol–water partition coefficient (Wildman–Crippen LogP) is 5.74. The molecule has 3 aromatic carbocycles. The fraction of sp³-hybridized carbons (Fsp3) is 0.107. The topological polar surface area (TPSA) is 71.1 Å². The van der Waals surface area contributed by atoms with Crippen LogP contribution in [0.5, 0.6) is 0 Å². The molecule has 2 amide bonds. The monoisotopic (exact) mass is 435 g/mol. The van der Waals surface area contributed by atoms with Crippen molar-refractivity contribution in [3.8, 4) is 11.1 Å². The van der Waals surface area contributed by atoms with Gasteiger partial charge in [0.15, 0.2) is 0 Å². The number of amides is 2. The van der Waals surface area contributed by atoms with Crippen LogP contribution in [0.4, 0.5) is 11.4 Å². The largest absolute Gasteiger partial charge is 0.326 e. The third-order valence-corrected chi connectivity index (χ3v) is 5.34. The van der Waals surface area contributed by atoms with Crippen molar-refractivity contribution in [2.24, 2.45) is 0 Å². The SMILES string of the molecule is CCc1ccc(-c2ccccc2C(=O)Nc2ccc(NC(=O)Cc3ccccn3)cc2)cc1. The molecule has 0 aliphatic carbocycles. The van der Waals surface area contributed by atoms with Gasteiger partial charge in [0.05, 0.1) is 6.42 Å². The second-order valence-electron chi connectivity index (χ2n) is 7.67. The summed E-state index contributed by atoms with van der Waals surface area (Å²) in [6.07, 6.45) is 2.84. The van der Waals surface area contributed by atoms with Gasteiger partial charge in [-0.25, -0.2) is 0 Å². The molecule has 2 N–H and O–H groups in total. The Labute approximate surface area is 193 Å². The molecule has 0 atom stereocenters. The Kier molecular flexibility index (Phi) is 6.90.